The third kappa shape index (κ3) is 74.2. The largest absolute Gasteiger partial charge is 0.106 e. The lowest BCUT2D eigenvalue weighted by Crippen LogP contribution is -0.745. The Hall–Kier alpha value is 0.670. The first-order valence-corrected chi connectivity index (χ1v) is 3.28. The molecule has 0 aromatic carbocycles. The summed E-state index contributed by atoms with van der Waals surface area (Å²) in [4.78, 5) is 0. The molecule has 0 rings (SSSR count). The van der Waals surface area contributed by atoms with Gasteiger partial charge in [-0.25, -0.2) is 0 Å². The Morgan fingerprint density at radius 3 is 1.20 bits per heavy atom. The predicted molar refractivity (Wildman–Crippen MR) is 30.6 cm³/mol. The van der Waals surface area contributed by atoms with Crippen LogP contribution in [0.4, 0.5) is 0 Å². The minimum absolute atomic E-state index is 0.694. The molecule has 0 aliphatic rings. The van der Waals surface area contributed by atoms with Gasteiger partial charge in [-0.15, -0.1) is 13.2 Å². The monoisotopic (exact) mass is 130 g/mol. The van der Waals surface area contributed by atoms with Crippen LogP contribution in [-0.2, 0) is 0 Å². The molecule has 0 saturated heterocycles. The molecule has 0 aromatic heterocycles. The van der Waals surface area contributed by atoms with Crippen LogP contribution < -0.4 is 0 Å². The molecular formula is C2H4Cl2S. The van der Waals surface area contributed by atoms with E-state index in [2.05, 4.69) is 34.5 Å². The van der Waals surface area contributed by atoms with Crippen molar-refractivity contribution in [3.8, 4) is 0 Å². The summed E-state index contributed by atoms with van der Waals surface area (Å²) in [5, 5.41) is 0. The summed E-state index contributed by atoms with van der Waals surface area (Å²) in [5.74, 6) is 0. The molecule has 0 aliphatic carbocycles. The van der Waals surface area contributed by atoms with Crippen LogP contribution in [0, 0.1) is 0 Å². The fourth-order valence-corrected chi connectivity index (χ4v) is 0. The van der Waals surface area contributed by atoms with Crippen molar-refractivity contribution < 1.29 is 0 Å². The molecule has 32 valence electrons. The van der Waals surface area contributed by atoms with Gasteiger partial charge in [0.2, 0.25) is 0 Å². The maximum absolute atomic E-state index is 4.68. The first-order valence-electron chi connectivity index (χ1n) is 0.809. The van der Waals surface area contributed by atoms with Crippen molar-refractivity contribution in [2.24, 2.45) is 0 Å². The third-order valence-corrected chi connectivity index (χ3v) is 0. The van der Waals surface area contributed by atoms with Crippen LogP contribution >= 0.6 is 31.6 Å². The van der Waals surface area contributed by atoms with E-state index in [-0.39, 0.29) is 0 Å². The smallest absolute Gasteiger partial charge is 0.0523 e. The number of rotatable bonds is 0. The SMILES string of the molecule is C=C.ClSCl. The summed E-state index contributed by atoms with van der Waals surface area (Å²) in [6, 6.07) is 0. The van der Waals surface area contributed by atoms with Gasteiger partial charge in [0.25, 0.3) is 0 Å². The highest BCUT2D eigenvalue weighted by molar-refractivity contribution is 8.38. The standard InChI is InChI=1S/C2H4.Cl2S/c1-2;1-3-2/h1-2H2;. The van der Waals surface area contributed by atoms with Crippen LogP contribution in [0.3, 0.4) is 0 Å². The van der Waals surface area contributed by atoms with Gasteiger partial charge in [0.15, 0.2) is 0 Å². The maximum Gasteiger partial charge on any atom is 0.0523 e. The molecule has 0 heterocycles. The van der Waals surface area contributed by atoms with E-state index in [0.717, 1.165) is 0 Å². The second-order valence-corrected chi connectivity index (χ2v) is 1.57. The van der Waals surface area contributed by atoms with Crippen molar-refractivity contribution in [3.05, 3.63) is 13.2 Å². The van der Waals surface area contributed by atoms with E-state index in [1.165, 1.54) is 0 Å². The number of hydrogen-bond donors (Lipinski definition) is 0. The van der Waals surface area contributed by atoms with Gasteiger partial charge in [0.1, 0.15) is 0 Å². The van der Waals surface area contributed by atoms with E-state index in [1.54, 1.807) is 0 Å². The van der Waals surface area contributed by atoms with Crippen LogP contribution in [0.5, 0.6) is 0 Å². The molecule has 0 unspecified atom stereocenters. The molecule has 0 atom stereocenters. The zero-order valence-electron chi connectivity index (χ0n) is 2.58. The third-order valence-electron chi connectivity index (χ3n) is 0. The lowest BCUT2D eigenvalue weighted by molar-refractivity contribution is 2.81. The summed E-state index contributed by atoms with van der Waals surface area (Å²) in [6.07, 6.45) is 0. The van der Waals surface area contributed by atoms with E-state index in [0.29, 0.717) is 10.2 Å². The van der Waals surface area contributed by atoms with Gasteiger partial charge in [-0.1, -0.05) is 0 Å². The van der Waals surface area contributed by atoms with Gasteiger partial charge in [-0.3, -0.25) is 0 Å². The van der Waals surface area contributed by atoms with Crippen molar-refractivity contribution in [2.75, 3.05) is 0 Å². The Morgan fingerprint density at radius 1 is 1.20 bits per heavy atom. The number of halogens is 2. The topological polar surface area (TPSA) is 0 Å². The van der Waals surface area contributed by atoms with Gasteiger partial charge < -0.3 is 0 Å². The molecule has 5 heavy (non-hydrogen) atoms. The van der Waals surface area contributed by atoms with Crippen molar-refractivity contribution in [3.63, 3.8) is 0 Å². The lowest BCUT2D eigenvalue weighted by Gasteiger charge is -1.40. The molecule has 0 N–H and O–H groups in total. The second-order valence-electron chi connectivity index (χ2n) is 0.0583. The average Bonchev–Trinajstić information content (AvgIpc) is 1.46. The molecule has 0 nitrogen and oxygen atoms in total. The minimum Gasteiger partial charge on any atom is -0.106 e. The van der Waals surface area contributed by atoms with Gasteiger partial charge in [0, 0.05) is 0 Å². The highest BCUT2D eigenvalue weighted by atomic mass is 36.0. The average molecular weight is 131 g/mol. The molecular weight excluding hydrogens is 127 g/mol. The molecule has 3 heteroatoms. The Bertz CT molecular complexity index is 11.6. The summed E-state index contributed by atoms with van der Waals surface area (Å²) >= 11 is 0. The van der Waals surface area contributed by atoms with Crippen LogP contribution in [0.25, 0.3) is 0 Å². The van der Waals surface area contributed by atoms with Crippen molar-refractivity contribution in [2.45, 2.75) is 0 Å². The Morgan fingerprint density at radius 2 is 1.20 bits per heavy atom. The first kappa shape index (κ1) is 9.18. The lowest BCUT2D eigenvalue weighted by atomic mass is 11.3. The van der Waals surface area contributed by atoms with E-state index < -0.39 is 0 Å². The highest BCUT2D eigenvalue weighted by Crippen LogP contribution is 2.08. The fraction of sp³-hybridized carbons (Fsp3) is 0. The van der Waals surface area contributed by atoms with Crippen LogP contribution in [0.15, 0.2) is 13.2 Å². The van der Waals surface area contributed by atoms with Gasteiger partial charge in [-0.2, -0.15) is 0 Å². The Labute approximate surface area is 45.2 Å². The van der Waals surface area contributed by atoms with Gasteiger partial charge >= 0.3 is 0 Å². The van der Waals surface area contributed by atoms with Crippen LogP contribution in [0.1, 0.15) is 0 Å². The number of hydrogen-bond acceptors (Lipinski definition) is 1. The molecule has 0 amide bonds. The molecule has 0 aliphatic heterocycles. The van der Waals surface area contributed by atoms with E-state index in [1.807, 2.05) is 0 Å². The summed E-state index contributed by atoms with van der Waals surface area (Å²) < 4.78 is 0. The fourth-order valence-electron chi connectivity index (χ4n) is 0. The predicted octanol–water partition coefficient (Wildman–Crippen LogP) is 2.83. The molecule has 0 fully saturated rings. The second kappa shape index (κ2) is 22.6. The zero-order chi connectivity index (χ0) is 4.71. The summed E-state index contributed by atoms with van der Waals surface area (Å²) in [6.45, 7) is 6.00. The van der Waals surface area contributed by atoms with Gasteiger partial charge in [0.05, 0.1) is 10.2 Å². The molecule has 0 spiro atoms. The summed E-state index contributed by atoms with van der Waals surface area (Å²) in [7, 11) is 10.1. The maximum atomic E-state index is 4.68. The Balaban J connectivity index is 0. The minimum atomic E-state index is 0.694. The van der Waals surface area contributed by atoms with E-state index in [9.17, 15) is 0 Å². The highest BCUT2D eigenvalue weighted by Gasteiger charge is 1.43. The van der Waals surface area contributed by atoms with E-state index >= 15 is 0 Å². The van der Waals surface area contributed by atoms with Gasteiger partial charge in [-0.05, 0) is 21.4 Å². The van der Waals surface area contributed by atoms with Crippen LogP contribution in [0.2, 0.25) is 0 Å². The van der Waals surface area contributed by atoms with Crippen molar-refractivity contribution in [1.29, 1.82) is 0 Å². The Kier molecular flexibility index (Phi) is 41.4. The normalized spacial score (nSPS) is 4.40. The van der Waals surface area contributed by atoms with Crippen LogP contribution in [-0.4, -0.2) is 0 Å². The molecule has 0 radical (unpaired) electrons. The molecule has 0 aromatic rings. The van der Waals surface area contributed by atoms with E-state index in [4.69, 9.17) is 0 Å². The zero-order valence-corrected chi connectivity index (χ0v) is 4.91. The quantitative estimate of drug-likeness (QED) is 0.455. The first-order chi connectivity index (χ1) is 2.41. The summed E-state index contributed by atoms with van der Waals surface area (Å²) in [5.41, 5.74) is 0. The molecule has 0 saturated carbocycles. The van der Waals surface area contributed by atoms with Crippen molar-refractivity contribution in [1.82, 2.24) is 0 Å². The molecule has 0 bridgehead atoms. The van der Waals surface area contributed by atoms with Crippen molar-refractivity contribution >= 4 is 31.6 Å².